The van der Waals surface area contributed by atoms with Crippen LogP contribution in [0.15, 0.2) is 24.3 Å². The molecule has 0 aliphatic heterocycles. The van der Waals surface area contributed by atoms with Gasteiger partial charge in [-0.3, -0.25) is 0 Å². The van der Waals surface area contributed by atoms with Crippen LogP contribution in [0.4, 0.5) is 0 Å². The molecule has 0 saturated carbocycles. The van der Waals surface area contributed by atoms with Gasteiger partial charge in [0.1, 0.15) is 0 Å². The summed E-state index contributed by atoms with van der Waals surface area (Å²) in [6, 6.07) is 7.66. The van der Waals surface area contributed by atoms with E-state index in [1.807, 2.05) is 31.2 Å². The van der Waals surface area contributed by atoms with Crippen LogP contribution in [0.3, 0.4) is 0 Å². The zero-order valence-corrected chi connectivity index (χ0v) is 11.2. The Hall–Kier alpha value is -0.870. The maximum Gasteiger partial charge on any atom is 0.154 e. The van der Waals surface area contributed by atoms with E-state index in [9.17, 15) is 8.42 Å². The summed E-state index contributed by atoms with van der Waals surface area (Å²) in [6.07, 6.45) is 2.51. The molecule has 0 spiro atoms. The molecule has 1 aromatic carbocycles. The van der Waals surface area contributed by atoms with Crippen LogP contribution in [0, 0.1) is 6.92 Å². The zero-order chi connectivity index (χ0) is 12.7. The van der Waals surface area contributed by atoms with Gasteiger partial charge in [0.25, 0.3) is 0 Å². The largest absolute Gasteiger partial charge is 0.330 e. The molecule has 0 amide bonds. The number of unbranched alkanes of at least 4 members (excludes halogenated alkanes) is 2. The van der Waals surface area contributed by atoms with E-state index in [2.05, 4.69) is 0 Å². The van der Waals surface area contributed by atoms with Crippen molar-refractivity contribution >= 4 is 9.84 Å². The molecule has 4 heteroatoms. The van der Waals surface area contributed by atoms with Gasteiger partial charge in [0.15, 0.2) is 9.84 Å². The summed E-state index contributed by atoms with van der Waals surface area (Å²) in [6.45, 7) is 2.61. The molecular weight excluding hydrogens is 234 g/mol. The minimum absolute atomic E-state index is 0.150. The van der Waals surface area contributed by atoms with Crippen molar-refractivity contribution in [3.8, 4) is 0 Å². The Morgan fingerprint density at radius 2 is 1.94 bits per heavy atom. The summed E-state index contributed by atoms with van der Waals surface area (Å²) in [7, 11) is -2.97. The van der Waals surface area contributed by atoms with Crippen LogP contribution >= 0.6 is 0 Å². The van der Waals surface area contributed by atoms with E-state index in [0.717, 1.165) is 24.0 Å². The highest BCUT2D eigenvalue weighted by Crippen LogP contribution is 2.10. The number of sulfone groups is 1. The lowest BCUT2D eigenvalue weighted by atomic mass is 10.2. The third-order valence-corrected chi connectivity index (χ3v) is 4.31. The molecule has 0 heterocycles. The highest BCUT2D eigenvalue weighted by atomic mass is 32.2. The molecule has 96 valence electrons. The standard InChI is InChI=1S/C13H21NO2S/c1-12-6-5-7-13(10-12)11-17(15,16)9-4-2-3-8-14/h5-7,10H,2-4,8-9,11,14H2,1H3. The lowest BCUT2D eigenvalue weighted by Crippen LogP contribution is -2.10. The van der Waals surface area contributed by atoms with Gasteiger partial charge in [-0.15, -0.1) is 0 Å². The average Bonchev–Trinajstić information content (AvgIpc) is 2.24. The van der Waals surface area contributed by atoms with Crippen LogP contribution in [0.1, 0.15) is 30.4 Å². The van der Waals surface area contributed by atoms with Crippen molar-refractivity contribution in [3.05, 3.63) is 35.4 Å². The Labute approximate surface area is 104 Å². The van der Waals surface area contributed by atoms with Crippen molar-refractivity contribution in [3.63, 3.8) is 0 Å². The molecule has 1 aromatic rings. The van der Waals surface area contributed by atoms with Gasteiger partial charge in [-0.05, 0) is 31.9 Å². The van der Waals surface area contributed by atoms with Crippen molar-refractivity contribution in [1.29, 1.82) is 0 Å². The van der Waals surface area contributed by atoms with E-state index in [-0.39, 0.29) is 11.5 Å². The Morgan fingerprint density at radius 1 is 1.18 bits per heavy atom. The molecule has 0 atom stereocenters. The summed E-state index contributed by atoms with van der Waals surface area (Å²) >= 11 is 0. The molecule has 0 bridgehead atoms. The van der Waals surface area contributed by atoms with Gasteiger partial charge in [-0.1, -0.05) is 36.2 Å². The predicted molar refractivity (Wildman–Crippen MR) is 71.6 cm³/mol. The highest BCUT2D eigenvalue weighted by molar-refractivity contribution is 7.90. The first-order chi connectivity index (χ1) is 8.03. The van der Waals surface area contributed by atoms with E-state index in [1.54, 1.807) is 0 Å². The molecule has 0 unspecified atom stereocenters. The molecule has 0 aliphatic carbocycles. The van der Waals surface area contributed by atoms with E-state index in [1.165, 1.54) is 0 Å². The summed E-state index contributed by atoms with van der Waals surface area (Å²) in [4.78, 5) is 0. The summed E-state index contributed by atoms with van der Waals surface area (Å²) in [5.74, 6) is 0.415. The first kappa shape index (κ1) is 14.2. The topological polar surface area (TPSA) is 60.2 Å². The van der Waals surface area contributed by atoms with E-state index < -0.39 is 9.84 Å². The third kappa shape index (κ3) is 5.84. The summed E-state index contributed by atoms with van der Waals surface area (Å²) in [5, 5.41) is 0. The second-order valence-electron chi connectivity index (χ2n) is 4.43. The molecule has 1 rings (SSSR count). The maximum atomic E-state index is 11.8. The van der Waals surface area contributed by atoms with E-state index in [4.69, 9.17) is 5.73 Å². The lowest BCUT2D eigenvalue weighted by molar-refractivity contribution is 0.589. The second kappa shape index (κ2) is 6.77. The lowest BCUT2D eigenvalue weighted by Gasteiger charge is -2.05. The molecule has 0 radical (unpaired) electrons. The van der Waals surface area contributed by atoms with Gasteiger partial charge in [-0.25, -0.2) is 8.42 Å². The van der Waals surface area contributed by atoms with Gasteiger partial charge in [-0.2, -0.15) is 0 Å². The van der Waals surface area contributed by atoms with Crippen molar-refractivity contribution < 1.29 is 8.42 Å². The third-order valence-electron chi connectivity index (χ3n) is 2.63. The molecular formula is C13H21NO2S. The number of rotatable bonds is 7. The molecule has 17 heavy (non-hydrogen) atoms. The Balaban J connectivity index is 2.49. The van der Waals surface area contributed by atoms with Crippen LogP contribution < -0.4 is 5.73 Å². The van der Waals surface area contributed by atoms with Crippen molar-refractivity contribution in [2.45, 2.75) is 31.9 Å². The predicted octanol–water partition coefficient (Wildman–Crippen LogP) is 2.04. The van der Waals surface area contributed by atoms with Crippen LogP contribution in [-0.4, -0.2) is 20.7 Å². The zero-order valence-electron chi connectivity index (χ0n) is 10.4. The van der Waals surface area contributed by atoms with Crippen LogP contribution in [0.2, 0.25) is 0 Å². The Kier molecular flexibility index (Phi) is 5.65. The van der Waals surface area contributed by atoms with Gasteiger partial charge in [0, 0.05) is 0 Å². The first-order valence-corrected chi connectivity index (χ1v) is 7.82. The SMILES string of the molecule is Cc1cccc(CS(=O)(=O)CCCCCN)c1. The van der Waals surface area contributed by atoms with Crippen molar-refractivity contribution in [1.82, 2.24) is 0 Å². The second-order valence-corrected chi connectivity index (χ2v) is 6.61. The number of benzene rings is 1. The van der Waals surface area contributed by atoms with E-state index >= 15 is 0 Å². The summed E-state index contributed by atoms with van der Waals surface area (Å²) in [5.41, 5.74) is 7.35. The number of aryl methyl sites for hydroxylation is 1. The van der Waals surface area contributed by atoms with Gasteiger partial charge in [0.2, 0.25) is 0 Å². The monoisotopic (exact) mass is 255 g/mol. The summed E-state index contributed by atoms with van der Waals surface area (Å²) < 4.78 is 23.7. The quantitative estimate of drug-likeness (QED) is 0.758. The molecule has 0 fully saturated rings. The molecule has 2 N–H and O–H groups in total. The van der Waals surface area contributed by atoms with Gasteiger partial charge >= 0.3 is 0 Å². The molecule has 0 aromatic heterocycles. The highest BCUT2D eigenvalue weighted by Gasteiger charge is 2.11. The fourth-order valence-electron chi connectivity index (χ4n) is 1.77. The number of hydrogen-bond acceptors (Lipinski definition) is 3. The van der Waals surface area contributed by atoms with E-state index in [0.29, 0.717) is 13.0 Å². The Morgan fingerprint density at radius 3 is 2.59 bits per heavy atom. The smallest absolute Gasteiger partial charge is 0.154 e. The molecule has 0 aliphatic rings. The van der Waals surface area contributed by atoms with Crippen LogP contribution in [-0.2, 0) is 15.6 Å². The van der Waals surface area contributed by atoms with Crippen LogP contribution in [0.5, 0.6) is 0 Å². The maximum absolute atomic E-state index is 11.8. The van der Waals surface area contributed by atoms with Gasteiger partial charge < -0.3 is 5.73 Å². The van der Waals surface area contributed by atoms with Crippen LogP contribution in [0.25, 0.3) is 0 Å². The van der Waals surface area contributed by atoms with Crippen molar-refractivity contribution in [2.75, 3.05) is 12.3 Å². The minimum atomic E-state index is -2.97. The molecule has 3 nitrogen and oxygen atoms in total. The Bertz CT molecular complexity index is 440. The minimum Gasteiger partial charge on any atom is -0.330 e. The van der Waals surface area contributed by atoms with Gasteiger partial charge in [0.05, 0.1) is 11.5 Å². The van der Waals surface area contributed by atoms with Crippen molar-refractivity contribution in [2.24, 2.45) is 5.73 Å². The fraction of sp³-hybridized carbons (Fsp3) is 0.538. The number of nitrogens with two attached hydrogens (primary N) is 1. The normalized spacial score (nSPS) is 11.6. The average molecular weight is 255 g/mol. The fourth-order valence-corrected chi connectivity index (χ4v) is 3.25. The number of hydrogen-bond donors (Lipinski definition) is 1. The first-order valence-electron chi connectivity index (χ1n) is 5.99. The molecule has 0 saturated heterocycles.